The Morgan fingerprint density at radius 3 is 1.92 bits per heavy atom. The van der Waals surface area contributed by atoms with Gasteiger partial charge in [-0.15, -0.1) is 0 Å². The number of aliphatic hydroxyl groups excluding tert-OH is 1. The van der Waals surface area contributed by atoms with Crippen LogP contribution in [0.5, 0.6) is 0 Å². The molecule has 0 aromatic heterocycles. The molecule has 2 heteroatoms. The number of unbranched alkanes of at least 4 members (excludes halogenated alkanes) is 3. The quantitative estimate of drug-likeness (QED) is 0.400. The Labute approximate surface area is 157 Å². The minimum absolute atomic E-state index is 0.437. The van der Waals surface area contributed by atoms with Gasteiger partial charge in [-0.25, -0.2) is 0 Å². The maximum absolute atomic E-state index is 9.42. The average Bonchev–Trinajstić information content (AvgIpc) is 2.62. The summed E-state index contributed by atoms with van der Waals surface area (Å²) in [5.74, 6) is 0.437. The van der Waals surface area contributed by atoms with Gasteiger partial charge in [-0.05, 0) is 24.5 Å². The second-order valence-corrected chi connectivity index (χ2v) is 15.4. The van der Waals surface area contributed by atoms with Gasteiger partial charge in [-0.1, -0.05) is 24.3 Å². The Kier molecular flexibility index (Phi) is 12.4. The summed E-state index contributed by atoms with van der Waals surface area (Å²) >= 11 is -0.839. The maximum atomic E-state index is 9.42. The fourth-order valence-corrected chi connectivity index (χ4v) is 12.6. The van der Waals surface area contributed by atoms with E-state index in [0.717, 1.165) is 18.4 Å². The topological polar surface area (TPSA) is 20.2 Å². The van der Waals surface area contributed by atoms with Crippen molar-refractivity contribution < 1.29 is 5.11 Å². The number of aliphatic hydroxyl groups is 1. The first kappa shape index (κ1) is 21.6. The van der Waals surface area contributed by atoms with Gasteiger partial charge in [0.25, 0.3) is 0 Å². The van der Waals surface area contributed by atoms with E-state index in [-0.39, 0.29) is 0 Å². The molecule has 1 aliphatic rings. The second kappa shape index (κ2) is 13.8. The number of hydrogen-bond donors (Lipinski definition) is 1. The predicted molar refractivity (Wildman–Crippen MR) is 110 cm³/mol. The fourth-order valence-electron chi connectivity index (χ4n) is 3.12. The van der Waals surface area contributed by atoms with E-state index < -0.39 is 19.8 Å². The van der Waals surface area contributed by atoms with Crippen LogP contribution in [0.3, 0.4) is 0 Å². The van der Waals surface area contributed by atoms with Crippen molar-refractivity contribution in [3.05, 3.63) is 41.5 Å². The van der Waals surface area contributed by atoms with Gasteiger partial charge in [0.2, 0.25) is 0 Å². The van der Waals surface area contributed by atoms with Crippen molar-refractivity contribution in [1.82, 2.24) is 0 Å². The molecule has 0 saturated carbocycles. The number of hydrogen-bond acceptors (Lipinski definition) is 1. The molecule has 0 bridgehead atoms. The molecule has 0 amide bonds. The number of benzene rings is 1. The molecule has 0 aliphatic heterocycles. The third kappa shape index (κ3) is 8.60. The third-order valence-corrected chi connectivity index (χ3v) is 13.8. The fraction of sp³-hybridized carbons (Fsp3) is 0.636. The van der Waals surface area contributed by atoms with E-state index in [1.54, 1.807) is 13.3 Å². The molecule has 0 saturated heterocycles. The summed E-state index contributed by atoms with van der Waals surface area (Å²) in [6.07, 6.45) is 12.7. The summed E-state index contributed by atoms with van der Waals surface area (Å²) < 4.78 is 5.04. The van der Waals surface area contributed by atoms with Crippen LogP contribution >= 0.6 is 0 Å². The van der Waals surface area contributed by atoms with Crippen molar-refractivity contribution in [2.24, 2.45) is 0 Å². The summed E-state index contributed by atoms with van der Waals surface area (Å²) in [4.78, 5) is 0. The van der Waals surface area contributed by atoms with Crippen LogP contribution in [-0.4, -0.2) is 24.9 Å². The smallest absolute Gasteiger partial charge is 0.119 e. The van der Waals surface area contributed by atoms with Crippen molar-refractivity contribution in [3.8, 4) is 0 Å². The molecule has 1 radical (unpaired) electrons. The van der Waals surface area contributed by atoms with Gasteiger partial charge in [0.1, 0.15) is 5.76 Å². The van der Waals surface area contributed by atoms with E-state index in [1.807, 2.05) is 24.3 Å². The van der Waals surface area contributed by atoms with Crippen LogP contribution in [0, 0.1) is 0 Å². The minimum Gasteiger partial charge on any atom is -0.508 e. The zero-order chi connectivity index (χ0) is 17.6. The summed E-state index contributed by atoms with van der Waals surface area (Å²) in [6, 6.07) is 7.99. The molecule has 0 heterocycles. The normalized spacial score (nSPS) is 13.1. The Morgan fingerprint density at radius 2 is 1.42 bits per heavy atom. The molecular weight excluding hydrogens is 399 g/mol. The minimum atomic E-state index is -0.839. The van der Waals surface area contributed by atoms with Crippen molar-refractivity contribution in [2.45, 2.75) is 85.4 Å². The van der Waals surface area contributed by atoms with Crippen LogP contribution in [-0.2, 0) is 6.42 Å². The molecular formula is C22H37OSn. The molecule has 24 heavy (non-hydrogen) atoms. The predicted octanol–water partition coefficient (Wildman–Crippen LogP) is 7.41. The standard InChI is InChI=1S/C10H10O.3C4H9.Sn/c11-10-7-3-5-8-4-1-2-6-9(8)10;3*1-3-4-2;/h1-2,4,6-7,11H,3,5H2;3*1,3-4H2,2H3;. The molecule has 1 aliphatic carbocycles. The van der Waals surface area contributed by atoms with E-state index in [4.69, 9.17) is 0 Å². The Morgan fingerprint density at radius 1 is 0.875 bits per heavy atom. The van der Waals surface area contributed by atoms with Crippen LogP contribution in [0.15, 0.2) is 30.3 Å². The van der Waals surface area contributed by atoms with E-state index >= 15 is 0 Å². The average molecular weight is 436 g/mol. The number of allylic oxidation sites excluding steroid dienone is 1. The molecule has 135 valence electrons. The first-order valence-corrected chi connectivity index (χ1v) is 16.1. The van der Waals surface area contributed by atoms with E-state index in [1.165, 1.54) is 44.1 Å². The van der Waals surface area contributed by atoms with E-state index in [0.29, 0.717) is 5.76 Å². The largest absolute Gasteiger partial charge is 0.508 e. The Bertz CT molecular complexity index is 448. The first-order chi connectivity index (χ1) is 11.7. The summed E-state index contributed by atoms with van der Waals surface area (Å²) in [5.41, 5.74) is 2.26. The van der Waals surface area contributed by atoms with Crippen LogP contribution in [0.25, 0.3) is 5.76 Å². The van der Waals surface area contributed by atoms with Gasteiger partial charge in [-0.2, -0.15) is 0 Å². The van der Waals surface area contributed by atoms with Crippen LogP contribution in [0.2, 0.25) is 13.3 Å². The van der Waals surface area contributed by atoms with Crippen LogP contribution in [0.1, 0.15) is 76.8 Å². The van der Waals surface area contributed by atoms with Crippen LogP contribution < -0.4 is 0 Å². The zero-order valence-electron chi connectivity index (χ0n) is 16.1. The first-order valence-electron chi connectivity index (χ1n) is 10.0. The SMILES string of the molecule is CCC[CH2][Sn]([CH2]CCC)[CH2]CCC.OC1=CCCc2ccccc21. The molecule has 1 N–H and O–H groups in total. The number of fused-ring (bicyclic) bond motifs is 1. The van der Waals surface area contributed by atoms with Crippen LogP contribution in [0.4, 0.5) is 0 Å². The summed E-state index contributed by atoms with van der Waals surface area (Å²) in [5, 5.41) is 9.42. The van der Waals surface area contributed by atoms with Gasteiger partial charge in [0, 0.05) is 5.56 Å². The van der Waals surface area contributed by atoms with Gasteiger partial charge in [0.05, 0.1) is 0 Å². The summed E-state index contributed by atoms with van der Waals surface area (Å²) in [6.45, 7) is 7.00. The molecule has 1 aromatic carbocycles. The van der Waals surface area contributed by atoms with Crippen molar-refractivity contribution in [2.75, 3.05) is 0 Å². The molecule has 0 fully saturated rings. The van der Waals surface area contributed by atoms with Gasteiger partial charge < -0.3 is 5.11 Å². The zero-order valence-corrected chi connectivity index (χ0v) is 19.0. The van der Waals surface area contributed by atoms with E-state index in [2.05, 4.69) is 26.8 Å². The Hall–Kier alpha value is -0.441. The summed E-state index contributed by atoms with van der Waals surface area (Å²) in [7, 11) is 0. The number of rotatable bonds is 9. The number of aryl methyl sites for hydroxylation is 1. The molecule has 2 rings (SSSR count). The van der Waals surface area contributed by atoms with Crippen molar-refractivity contribution in [3.63, 3.8) is 0 Å². The maximum Gasteiger partial charge on any atom is 0.119 e. The molecule has 0 unspecified atom stereocenters. The molecule has 0 atom stereocenters. The molecule has 1 nitrogen and oxygen atoms in total. The van der Waals surface area contributed by atoms with E-state index in [9.17, 15) is 5.11 Å². The second-order valence-electron chi connectivity index (χ2n) is 6.85. The molecule has 1 aromatic rings. The third-order valence-electron chi connectivity index (χ3n) is 4.70. The van der Waals surface area contributed by atoms with Gasteiger partial charge in [0.15, 0.2) is 0 Å². The van der Waals surface area contributed by atoms with Crippen molar-refractivity contribution >= 4 is 25.5 Å². The Balaban J connectivity index is 0.000000242. The monoisotopic (exact) mass is 437 g/mol. The molecule has 0 spiro atoms. The van der Waals surface area contributed by atoms with Gasteiger partial charge in [-0.3, -0.25) is 0 Å². The van der Waals surface area contributed by atoms with Gasteiger partial charge >= 0.3 is 92.4 Å². The van der Waals surface area contributed by atoms with Crippen molar-refractivity contribution in [1.29, 1.82) is 0 Å².